The van der Waals surface area contributed by atoms with E-state index in [1.165, 1.54) is 17.7 Å². The minimum absolute atomic E-state index is 0.00687. The number of hydrogen-bond donors (Lipinski definition) is 3. The summed E-state index contributed by atoms with van der Waals surface area (Å²) >= 11 is 0. The van der Waals surface area contributed by atoms with Gasteiger partial charge in [-0.3, -0.25) is 14.4 Å². The van der Waals surface area contributed by atoms with Crippen molar-refractivity contribution < 1.29 is 19.1 Å². The van der Waals surface area contributed by atoms with Gasteiger partial charge in [-0.2, -0.15) is 0 Å². The fraction of sp³-hybridized carbons (Fsp3) is 0.893. The van der Waals surface area contributed by atoms with Gasteiger partial charge < -0.3 is 25.6 Å². The summed E-state index contributed by atoms with van der Waals surface area (Å²) in [7, 11) is 1.69. The molecule has 0 aromatic carbocycles. The molecule has 2 aliphatic carbocycles. The van der Waals surface area contributed by atoms with Crippen molar-refractivity contribution in [3.63, 3.8) is 0 Å². The number of carbonyl (C=O) groups excluding carboxylic acids is 3. The topological polar surface area (TPSA) is 99.8 Å². The Bertz CT molecular complexity index is 763. The van der Waals surface area contributed by atoms with E-state index in [1.54, 1.807) is 14.0 Å². The molecule has 0 radical (unpaired) electrons. The smallest absolute Gasteiger partial charge is 0.243 e. The highest BCUT2D eigenvalue weighted by Crippen LogP contribution is 2.34. The van der Waals surface area contributed by atoms with Crippen molar-refractivity contribution in [3.05, 3.63) is 0 Å². The minimum atomic E-state index is -0.675. The Labute approximate surface area is 218 Å². The van der Waals surface area contributed by atoms with Gasteiger partial charge in [0.15, 0.2) is 0 Å². The normalized spacial score (nSPS) is 34.7. The molecule has 0 spiro atoms. The zero-order valence-electron chi connectivity index (χ0n) is 23.4. The summed E-state index contributed by atoms with van der Waals surface area (Å²) < 4.78 is 6.50. The average Bonchev–Trinajstić information content (AvgIpc) is 3.65. The van der Waals surface area contributed by atoms with Crippen molar-refractivity contribution in [2.45, 2.75) is 123 Å². The summed E-state index contributed by atoms with van der Waals surface area (Å²) in [6.07, 6.45) is 9.38. The van der Waals surface area contributed by atoms with E-state index in [-0.39, 0.29) is 41.4 Å². The lowest BCUT2D eigenvalue weighted by atomic mass is 9.83. The van der Waals surface area contributed by atoms with Gasteiger partial charge in [-0.05, 0) is 76.0 Å². The first-order chi connectivity index (χ1) is 17.0. The molecule has 3 amide bonds. The second-order valence-electron chi connectivity index (χ2n) is 12.6. The number of carbonyl (C=O) groups is 3. The number of fused-ring (bicyclic) bond motifs is 1. The third-order valence-electron chi connectivity index (χ3n) is 8.04. The number of likely N-dealkylation sites (N-methyl/N-ethyl adjacent to an activating group) is 1. The first-order valence-corrected chi connectivity index (χ1v) is 14.2. The first kappa shape index (κ1) is 28.9. The van der Waals surface area contributed by atoms with E-state index in [4.69, 9.17) is 4.74 Å². The van der Waals surface area contributed by atoms with Crippen molar-refractivity contribution >= 4 is 17.7 Å². The standard InChI is InChI=1S/C28H50N4O4/c1-18-17-30-24(21-13-14-21)27(35)32(6)19(2)25(33)31-22(16-28(3,4)5)26(34)29-15-9-11-20-10-7-8-12-23(20)36-18/h18-24,30H,7-17H2,1-6H3,(H,29,34)(H,31,33)/t18-,19-,20-,22-,23?,24+/m1/s1. The van der Waals surface area contributed by atoms with Crippen molar-refractivity contribution in [3.8, 4) is 0 Å². The van der Waals surface area contributed by atoms with Crippen LogP contribution in [0, 0.1) is 17.3 Å². The molecular weight excluding hydrogens is 456 g/mol. The van der Waals surface area contributed by atoms with Crippen LogP contribution in [-0.2, 0) is 19.1 Å². The van der Waals surface area contributed by atoms with Crippen LogP contribution >= 0.6 is 0 Å². The minimum Gasteiger partial charge on any atom is -0.374 e. The fourth-order valence-corrected chi connectivity index (χ4v) is 5.61. The SMILES string of the molecule is C[C@@H]1CN[C@@H](C2CC2)C(=O)N(C)[C@H](C)C(=O)N[C@H](CC(C)(C)C)C(=O)NCCC[C@H]2CCCCC2O1. The third kappa shape index (κ3) is 8.44. The quantitative estimate of drug-likeness (QED) is 0.535. The highest BCUT2D eigenvalue weighted by atomic mass is 16.5. The zero-order chi connectivity index (χ0) is 26.5. The largest absolute Gasteiger partial charge is 0.374 e. The molecule has 3 aliphatic rings. The van der Waals surface area contributed by atoms with Crippen LogP contribution in [0.15, 0.2) is 0 Å². The number of hydrogen-bond acceptors (Lipinski definition) is 5. The lowest BCUT2D eigenvalue weighted by Gasteiger charge is -2.35. The van der Waals surface area contributed by atoms with Gasteiger partial charge in [0.1, 0.15) is 12.1 Å². The summed E-state index contributed by atoms with van der Waals surface area (Å²) in [5.74, 6) is 0.279. The Morgan fingerprint density at radius 3 is 2.25 bits per heavy atom. The van der Waals surface area contributed by atoms with Gasteiger partial charge in [0.25, 0.3) is 0 Å². The predicted molar refractivity (Wildman–Crippen MR) is 141 cm³/mol. The molecule has 1 heterocycles. The maximum atomic E-state index is 13.4. The molecule has 3 fully saturated rings. The van der Waals surface area contributed by atoms with Gasteiger partial charge in [-0.15, -0.1) is 0 Å². The van der Waals surface area contributed by atoms with E-state index in [0.29, 0.717) is 31.3 Å². The third-order valence-corrected chi connectivity index (χ3v) is 8.04. The summed E-state index contributed by atoms with van der Waals surface area (Å²) in [5.41, 5.74) is -0.137. The van der Waals surface area contributed by atoms with Crippen molar-refractivity contribution in [1.82, 2.24) is 20.9 Å². The van der Waals surface area contributed by atoms with Crippen molar-refractivity contribution in [1.29, 1.82) is 0 Å². The van der Waals surface area contributed by atoms with Gasteiger partial charge >= 0.3 is 0 Å². The molecule has 0 bridgehead atoms. The van der Waals surface area contributed by atoms with Gasteiger partial charge in [0.05, 0.1) is 18.2 Å². The lowest BCUT2D eigenvalue weighted by Crippen LogP contribution is -2.57. The molecule has 206 valence electrons. The van der Waals surface area contributed by atoms with Gasteiger partial charge in [0.2, 0.25) is 17.7 Å². The van der Waals surface area contributed by atoms with E-state index in [2.05, 4.69) is 43.6 Å². The molecular formula is C28H50N4O4. The van der Waals surface area contributed by atoms with Crippen LogP contribution < -0.4 is 16.0 Å². The molecule has 6 atom stereocenters. The molecule has 1 saturated heterocycles. The number of amides is 3. The molecule has 0 aromatic rings. The van der Waals surface area contributed by atoms with Crippen LogP contribution in [0.5, 0.6) is 0 Å². The van der Waals surface area contributed by atoms with Crippen LogP contribution in [-0.4, -0.2) is 73.1 Å². The number of nitrogens with one attached hydrogen (secondary N) is 3. The average molecular weight is 507 g/mol. The highest BCUT2D eigenvalue weighted by molar-refractivity contribution is 5.93. The molecule has 2 saturated carbocycles. The van der Waals surface area contributed by atoms with Gasteiger partial charge in [-0.25, -0.2) is 0 Å². The van der Waals surface area contributed by atoms with E-state index in [0.717, 1.165) is 38.5 Å². The monoisotopic (exact) mass is 506 g/mol. The number of nitrogens with zero attached hydrogens (tertiary/aromatic N) is 1. The molecule has 0 aromatic heterocycles. The van der Waals surface area contributed by atoms with E-state index >= 15 is 0 Å². The van der Waals surface area contributed by atoms with Crippen LogP contribution in [0.4, 0.5) is 0 Å². The van der Waals surface area contributed by atoms with Crippen molar-refractivity contribution in [2.24, 2.45) is 17.3 Å². The second kappa shape index (κ2) is 12.7. The molecule has 3 rings (SSSR count). The second-order valence-corrected chi connectivity index (χ2v) is 12.6. The van der Waals surface area contributed by atoms with Crippen LogP contribution in [0.3, 0.4) is 0 Å². The highest BCUT2D eigenvalue weighted by Gasteiger charge is 2.40. The van der Waals surface area contributed by atoms with Gasteiger partial charge in [-0.1, -0.05) is 33.6 Å². The predicted octanol–water partition coefficient (Wildman–Crippen LogP) is 3.00. The van der Waals surface area contributed by atoms with Gasteiger partial charge in [0, 0.05) is 20.1 Å². The lowest BCUT2D eigenvalue weighted by molar-refractivity contribution is -0.141. The number of rotatable bonds is 2. The number of ether oxygens (including phenoxy) is 1. The van der Waals surface area contributed by atoms with Crippen LogP contribution in [0.1, 0.15) is 92.4 Å². The maximum absolute atomic E-state index is 13.4. The van der Waals surface area contributed by atoms with E-state index in [9.17, 15) is 14.4 Å². The summed E-state index contributed by atoms with van der Waals surface area (Å²) in [6, 6.07) is -1.62. The molecule has 8 nitrogen and oxygen atoms in total. The summed E-state index contributed by atoms with van der Waals surface area (Å²) in [6.45, 7) is 11.2. The summed E-state index contributed by atoms with van der Waals surface area (Å²) in [4.78, 5) is 41.3. The van der Waals surface area contributed by atoms with E-state index < -0.39 is 12.1 Å². The maximum Gasteiger partial charge on any atom is 0.243 e. The molecule has 8 heteroatoms. The molecule has 1 unspecified atom stereocenters. The Morgan fingerprint density at radius 2 is 1.58 bits per heavy atom. The summed E-state index contributed by atoms with van der Waals surface area (Å²) in [5, 5.41) is 9.50. The van der Waals surface area contributed by atoms with Crippen LogP contribution in [0.2, 0.25) is 0 Å². The van der Waals surface area contributed by atoms with Crippen molar-refractivity contribution in [2.75, 3.05) is 20.1 Å². The Balaban J connectivity index is 1.78. The van der Waals surface area contributed by atoms with Crippen LogP contribution in [0.25, 0.3) is 0 Å². The fourth-order valence-electron chi connectivity index (χ4n) is 5.61. The zero-order valence-corrected chi connectivity index (χ0v) is 23.4. The molecule has 1 aliphatic heterocycles. The molecule has 3 N–H and O–H groups in total. The molecule has 36 heavy (non-hydrogen) atoms. The Morgan fingerprint density at radius 1 is 0.917 bits per heavy atom. The first-order valence-electron chi connectivity index (χ1n) is 14.2. The Kier molecular flexibility index (Phi) is 10.2. The van der Waals surface area contributed by atoms with E-state index in [1.807, 2.05) is 0 Å². The Hall–Kier alpha value is -1.67.